The topological polar surface area (TPSA) is 85.9 Å². The molecule has 0 spiro atoms. The largest absolute Gasteiger partial charge is 0.462 e. The van der Waals surface area contributed by atoms with Gasteiger partial charge in [-0.05, 0) is 49.8 Å². The fourth-order valence-corrected chi connectivity index (χ4v) is 5.03. The molecule has 2 aliphatic rings. The minimum absolute atomic E-state index is 0.0703. The number of thiophene rings is 1. The Hall–Kier alpha value is -2.74. The summed E-state index contributed by atoms with van der Waals surface area (Å²) >= 11 is 1.49. The van der Waals surface area contributed by atoms with Crippen LogP contribution in [0.4, 0.5) is 10.7 Å². The average molecular weight is 416 g/mol. The normalized spacial score (nSPS) is 16.8. The maximum absolute atomic E-state index is 12.6. The van der Waals surface area contributed by atoms with Gasteiger partial charge in [0.2, 0.25) is 12.7 Å². The highest BCUT2D eigenvalue weighted by atomic mass is 32.1. The van der Waals surface area contributed by atoms with Crippen LogP contribution >= 0.6 is 11.3 Å². The zero-order valence-electron chi connectivity index (χ0n) is 16.5. The number of fused-ring (bicyclic) bond motifs is 2. The van der Waals surface area contributed by atoms with E-state index in [2.05, 4.69) is 17.6 Å². The quantitative estimate of drug-likeness (QED) is 0.696. The molecule has 1 aliphatic heterocycles. The summed E-state index contributed by atoms with van der Waals surface area (Å²) in [6.07, 6.45) is 2.80. The van der Waals surface area contributed by atoms with E-state index < -0.39 is 0 Å². The summed E-state index contributed by atoms with van der Waals surface area (Å²) in [6, 6.07) is 5.43. The van der Waals surface area contributed by atoms with Gasteiger partial charge >= 0.3 is 5.97 Å². The van der Waals surface area contributed by atoms with E-state index in [-0.39, 0.29) is 25.2 Å². The lowest BCUT2D eigenvalue weighted by atomic mass is 9.88. The van der Waals surface area contributed by atoms with Crippen LogP contribution in [0.15, 0.2) is 18.2 Å². The van der Waals surface area contributed by atoms with Crippen molar-refractivity contribution in [3.63, 3.8) is 0 Å². The van der Waals surface area contributed by atoms with E-state index in [0.717, 1.165) is 30.5 Å². The lowest BCUT2D eigenvalue weighted by Crippen LogP contribution is -2.22. The first-order valence-corrected chi connectivity index (χ1v) is 10.6. The number of esters is 1. The molecule has 1 amide bonds. The smallest absolute Gasteiger partial charge is 0.341 e. The molecule has 0 saturated heterocycles. The number of ether oxygens (including phenoxy) is 3. The van der Waals surface area contributed by atoms with Crippen molar-refractivity contribution in [3.05, 3.63) is 34.2 Å². The van der Waals surface area contributed by atoms with Gasteiger partial charge in [-0.3, -0.25) is 4.79 Å². The van der Waals surface area contributed by atoms with Gasteiger partial charge in [0.15, 0.2) is 11.5 Å². The summed E-state index contributed by atoms with van der Waals surface area (Å²) in [4.78, 5) is 26.3. The first kappa shape index (κ1) is 19.6. The van der Waals surface area contributed by atoms with Crippen LogP contribution in [0.5, 0.6) is 11.5 Å². The van der Waals surface area contributed by atoms with Gasteiger partial charge in [-0.1, -0.05) is 6.92 Å². The monoisotopic (exact) mass is 416 g/mol. The minimum Gasteiger partial charge on any atom is -0.462 e. The van der Waals surface area contributed by atoms with Crippen LogP contribution in [0.3, 0.4) is 0 Å². The van der Waals surface area contributed by atoms with Crippen molar-refractivity contribution in [2.24, 2.45) is 5.92 Å². The molecule has 2 N–H and O–H groups in total. The van der Waals surface area contributed by atoms with Gasteiger partial charge in [-0.2, -0.15) is 0 Å². The number of benzene rings is 1. The van der Waals surface area contributed by atoms with E-state index in [0.29, 0.717) is 34.6 Å². The number of anilines is 2. The summed E-state index contributed by atoms with van der Waals surface area (Å²) in [5.74, 6) is 1.34. The molecule has 1 atom stereocenters. The van der Waals surface area contributed by atoms with Crippen LogP contribution in [0.25, 0.3) is 0 Å². The van der Waals surface area contributed by atoms with Gasteiger partial charge in [0, 0.05) is 16.6 Å². The molecule has 4 rings (SSSR count). The third-order valence-corrected chi connectivity index (χ3v) is 6.24. The van der Waals surface area contributed by atoms with Crippen LogP contribution in [0, 0.1) is 5.92 Å². The van der Waals surface area contributed by atoms with Gasteiger partial charge in [0.1, 0.15) is 5.00 Å². The van der Waals surface area contributed by atoms with Crippen molar-refractivity contribution in [1.82, 2.24) is 0 Å². The van der Waals surface area contributed by atoms with Gasteiger partial charge in [0.25, 0.3) is 0 Å². The first-order valence-electron chi connectivity index (χ1n) is 9.80. The molecule has 1 aromatic heterocycles. The number of rotatable bonds is 6. The molecule has 1 unspecified atom stereocenters. The molecule has 29 heavy (non-hydrogen) atoms. The summed E-state index contributed by atoms with van der Waals surface area (Å²) in [7, 11) is 0. The zero-order valence-corrected chi connectivity index (χ0v) is 17.3. The van der Waals surface area contributed by atoms with E-state index in [1.807, 2.05) is 6.07 Å². The highest BCUT2D eigenvalue weighted by Gasteiger charge is 2.29. The van der Waals surface area contributed by atoms with E-state index in [1.54, 1.807) is 19.1 Å². The average Bonchev–Trinajstić information content (AvgIpc) is 3.29. The molecule has 1 aliphatic carbocycles. The van der Waals surface area contributed by atoms with E-state index >= 15 is 0 Å². The van der Waals surface area contributed by atoms with Crippen molar-refractivity contribution in [2.45, 2.75) is 33.1 Å². The molecular weight excluding hydrogens is 392 g/mol. The van der Waals surface area contributed by atoms with Crippen LogP contribution in [-0.2, 0) is 22.4 Å². The van der Waals surface area contributed by atoms with Crippen LogP contribution < -0.4 is 20.1 Å². The predicted molar refractivity (Wildman–Crippen MR) is 111 cm³/mol. The molecule has 154 valence electrons. The first-order chi connectivity index (χ1) is 14.0. The highest BCUT2D eigenvalue weighted by Crippen LogP contribution is 2.40. The molecule has 0 radical (unpaired) electrons. The van der Waals surface area contributed by atoms with Gasteiger partial charge in [0.05, 0.1) is 18.7 Å². The Bertz CT molecular complexity index is 939. The molecule has 2 heterocycles. The summed E-state index contributed by atoms with van der Waals surface area (Å²) in [5, 5.41) is 6.57. The Morgan fingerprint density at radius 1 is 1.28 bits per heavy atom. The van der Waals surface area contributed by atoms with Crippen molar-refractivity contribution in [3.8, 4) is 11.5 Å². The third kappa shape index (κ3) is 4.17. The Balaban J connectivity index is 1.46. The molecule has 1 aromatic carbocycles. The fraction of sp³-hybridized carbons (Fsp3) is 0.429. The summed E-state index contributed by atoms with van der Waals surface area (Å²) in [6.45, 7) is 4.57. The van der Waals surface area contributed by atoms with Crippen molar-refractivity contribution < 1.29 is 23.8 Å². The molecule has 0 saturated carbocycles. The Morgan fingerprint density at radius 3 is 2.93 bits per heavy atom. The lowest BCUT2D eigenvalue weighted by Gasteiger charge is -2.18. The number of amides is 1. The summed E-state index contributed by atoms with van der Waals surface area (Å²) in [5.41, 5.74) is 2.31. The van der Waals surface area contributed by atoms with E-state index in [9.17, 15) is 9.59 Å². The number of carbonyl (C=O) groups is 2. The number of hydrogen-bond acceptors (Lipinski definition) is 7. The fourth-order valence-electron chi connectivity index (χ4n) is 3.62. The van der Waals surface area contributed by atoms with Crippen molar-refractivity contribution in [1.29, 1.82) is 0 Å². The maximum atomic E-state index is 12.6. The maximum Gasteiger partial charge on any atom is 0.341 e. The van der Waals surface area contributed by atoms with E-state index in [1.165, 1.54) is 16.2 Å². The SMILES string of the molecule is CCOC(=O)c1c(NC(=O)CNc2ccc3c(c2)OCO3)sc2c1CCC(C)C2. The zero-order chi connectivity index (χ0) is 20.4. The second kappa shape index (κ2) is 8.32. The second-order valence-electron chi connectivity index (χ2n) is 7.25. The Kier molecular flexibility index (Phi) is 5.62. The molecule has 0 bridgehead atoms. The summed E-state index contributed by atoms with van der Waals surface area (Å²) < 4.78 is 15.9. The molecule has 7 nitrogen and oxygen atoms in total. The second-order valence-corrected chi connectivity index (χ2v) is 8.35. The van der Waals surface area contributed by atoms with Gasteiger partial charge in [-0.25, -0.2) is 4.79 Å². The predicted octanol–water partition coefficient (Wildman–Crippen LogP) is 3.83. The Labute approximate surface area is 173 Å². The van der Waals surface area contributed by atoms with Crippen LogP contribution in [-0.4, -0.2) is 31.8 Å². The molecule has 8 heteroatoms. The van der Waals surface area contributed by atoms with Crippen molar-refractivity contribution >= 4 is 33.9 Å². The molecule has 2 aromatic rings. The highest BCUT2D eigenvalue weighted by molar-refractivity contribution is 7.17. The van der Waals surface area contributed by atoms with Gasteiger partial charge < -0.3 is 24.8 Å². The van der Waals surface area contributed by atoms with Crippen molar-refractivity contribution in [2.75, 3.05) is 30.6 Å². The minimum atomic E-state index is -0.362. The molecule has 0 fully saturated rings. The standard InChI is InChI=1S/C21H24N2O5S/c1-3-26-21(25)19-14-6-4-12(2)8-17(14)29-20(19)23-18(24)10-22-13-5-7-15-16(9-13)28-11-27-15/h5,7,9,12,22H,3-4,6,8,10-11H2,1-2H3,(H,23,24). The van der Waals surface area contributed by atoms with Crippen LogP contribution in [0.2, 0.25) is 0 Å². The number of nitrogens with one attached hydrogen (secondary N) is 2. The lowest BCUT2D eigenvalue weighted by molar-refractivity contribution is -0.114. The van der Waals surface area contributed by atoms with Gasteiger partial charge in [-0.15, -0.1) is 11.3 Å². The third-order valence-electron chi connectivity index (χ3n) is 5.07. The van der Waals surface area contributed by atoms with Crippen LogP contribution in [0.1, 0.15) is 41.1 Å². The number of hydrogen-bond donors (Lipinski definition) is 2. The Morgan fingerprint density at radius 2 is 2.10 bits per heavy atom. The molecular formula is C21H24N2O5S. The number of carbonyl (C=O) groups excluding carboxylic acids is 2. The van der Waals surface area contributed by atoms with E-state index in [4.69, 9.17) is 14.2 Å².